The molecule has 10 heteroatoms. The summed E-state index contributed by atoms with van der Waals surface area (Å²) in [4.78, 5) is 59.9. The number of rotatable bonds is 2. The van der Waals surface area contributed by atoms with Crippen LogP contribution in [0.15, 0.2) is 70.3 Å². The lowest BCUT2D eigenvalue weighted by Crippen LogP contribution is -2.16. The normalized spacial score (nSPS) is 12.3. The standard InChI is InChI=1S/C28H12N4O6/c33-25-15-6-4-14-22-16(26(34)32-20-10-12(28(37)38)2-8-18(20)30-24(14)32)5-3-13(21(15)22)23-29-17-7-1-11(27(35)36)9-19(17)31(23)25/h1-10H,(H,35,36)(H,37,38). The molecule has 38 heavy (non-hydrogen) atoms. The van der Waals surface area contributed by atoms with E-state index in [1.165, 1.54) is 33.1 Å². The largest absolute Gasteiger partial charge is 0.478 e. The van der Waals surface area contributed by atoms with Crippen LogP contribution in [-0.2, 0) is 0 Å². The van der Waals surface area contributed by atoms with Crippen LogP contribution in [-0.4, -0.2) is 40.9 Å². The van der Waals surface area contributed by atoms with Crippen LogP contribution in [0.4, 0.5) is 0 Å². The van der Waals surface area contributed by atoms with E-state index in [0.717, 1.165) is 0 Å². The molecule has 0 amide bonds. The van der Waals surface area contributed by atoms with E-state index >= 15 is 0 Å². The number of nitrogens with zero attached hydrogens (tertiary/aromatic N) is 4. The lowest BCUT2D eigenvalue weighted by molar-refractivity contribution is 0.0686. The Morgan fingerprint density at radius 3 is 1.37 bits per heavy atom. The smallest absolute Gasteiger partial charge is 0.335 e. The van der Waals surface area contributed by atoms with E-state index in [4.69, 9.17) is 0 Å². The fourth-order valence-electron chi connectivity index (χ4n) is 5.65. The lowest BCUT2D eigenvalue weighted by Gasteiger charge is -2.12. The number of carboxylic acid groups (broad SMARTS) is 2. The van der Waals surface area contributed by atoms with E-state index in [-0.39, 0.29) is 22.2 Å². The number of hydrogen-bond acceptors (Lipinski definition) is 6. The molecule has 0 atom stereocenters. The van der Waals surface area contributed by atoms with Gasteiger partial charge < -0.3 is 10.2 Å². The van der Waals surface area contributed by atoms with Gasteiger partial charge in [-0.3, -0.25) is 18.4 Å². The minimum absolute atomic E-state index is 0.0413. The summed E-state index contributed by atoms with van der Waals surface area (Å²) in [5.41, 5.74) is 1.78. The van der Waals surface area contributed by atoms with Crippen LogP contribution in [0.5, 0.6) is 0 Å². The second kappa shape index (κ2) is 6.56. The van der Waals surface area contributed by atoms with Crippen molar-refractivity contribution in [2.45, 2.75) is 0 Å². The zero-order chi connectivity index (χ0) is 26.0. The van der Waals surface area contributed by atoms with Crippen LogP contribution in [0.2, 0.25) is 0 Å². The van der Waals surface area contributed by atoms with Crippen molar-refractivity contribution < 1.29 is 19.8 Å². The van der Waals surface area contributed by atoms with Gasteiger partial charge in [-0.05, 0) is 60.7 Å². The highest BCUT2D eigenvalue weighted by Crippen LogP contribution is 2.36. The molecule has 0 bridgehead atoms. The van der Waals surface area contributed by atoms with Crippen molar-refractivity contribution in [1.82, 2.24) is 18.8 Å². The fraction of sp³-hybridized carbons (Fsp3) is 0. The summed E-state index contributed by atoms with van der Waals surface area (Å²) in [5.74, 6) is -2.22. The molecule has 2 N–H and O–H groups in total. The first-order chi connectivity index (χ1) is 18.3. The monoisotopic (exact) mass is 500 g/mol. The minimum atomic E-state index is -1.11. The third-order valence-electron chi connectivity index (χ3n) is 7.31. The molecule has 4 aromatic heterocycles. The highest BCUT2D eigenvalue weighted by atomic mass is 16.4. The number of aromatic carboxylic acids is 2. The Morgan fingerprint density at radius 2 is 0.974 bits per heavy atom. The third kappa shape index (κ3) is 2.31. The molecular formula is C28H12N4O6. The maximum absolute atomic E-state index is 13.8. The molecule has 0 saturated carbocycles. The van der Waals surface area contributed by atoms with Gasteiger partial charge >= 0.3 is 11.9 Å². The summed E-state index contributed by atoms with van der Waals surface area (Å²) >= 11 is 0. The van der Waals surface area contributed by atoms with Gasteiger partial charge in [0.2, 0.25) is 0 Å². The number of imidazole rings is 2. The SMILES string of the molecule is O=C(O)c1ccc2nc3c4ccc5c(=O)n6c7cc(C(=O)O)ccc7nc6c6ccc(c(=O)n3c2c1)c4c56. The van der Waals surface area contributed by atoms with Gasteiger partial charge in [0.15, 0.2) is 0 Å². The van der Waals surface area contributed by atoms with Gasteiger partial charge in [-0.1, -0.05) is 0 Å². The average molecular weight is 500 g/mol. The maximum Gasteiger partial charge on any atom is 0.335 e. The van der Waals surface area contributed by atoms with Crippen LogP contribution < -0.4 is 11.1 Å². The van der Waals surface area contributed by atoms with Crippen LogP contribution in [0.25, 0.3) is 65.7 Å². The number of fused-ring (bicyclic) bond motifs is 8. The molecule has 0 aliphatic carbocycles. The molecule has 0 spiro atoms. The molecule has 0 unspecified atom stereocenters. The summed E-state index contributed by atoms with van der Waals surface area (Å²) in [5, 5.41) is 22.0. The van der Waals surface area contributed by atoms with E-state index < -0.39 is 11.9 Å². The Balaban J connectivity index is 1.60. The molecule has 0 radical (unpaired) electrons. The van der Waals surface area contributed by atoms with Crippen molar-refractivity contribution in [1.29, 1.82) is 0 Å². The summed E-state index contributed by atoms with van der Waals surface area (Å²) < 4.78 is 2.82. The predicted octanol–water partition coefficient (Wildman–Crippen LogP) is 3.74. The Bertz CT molecular complexity index is 2330. The van der Waals surface area contributed by atoms with Gasteiger partial charge in [0.05, 0.1) is 33.2 Å². The first kappa shape index (κ1) is 20.5. The van der Waals surface area contributed by atoms with Crippen molar-refractivity contribution >= 4 is 77.6 Å². The van der Waals surface area contributed by atoms with Gasteiger partial charge in [-0.2, -0.15) is 0 Å². The third-order valence-corrected chi connectivity index (χ3v) is 7.31. The van der Waals surface area contributed by atoms with Crippen molar-refractivity contribution in [3.05, 3.63) is 92.5 Å². The maximum atomic E-state index is 13.8. The van der Waals surface area contributed by atoms with Gasteiger partial charge in [0.25, 0.3) is 11.1 Å². The Hall–Kier alpha value is -5.64. The fourth-order valence-corrected chi connectivity index (χ4v) is 5.65. The molecule has 8 aromatic rings. The Kier molecular flexibility index (Phi) is 3.55. The summed E-state index contributed by atoms with van der Waals surface area (Å²) in [6.07, 6.45) is 0. The number of aromatic nitrogens is 4. The second-order valence-electron chi connectivity index (χ2n) is 9.24. The van der Waals surface area contributed by atoms with E-state index in [2.05, 4.69) is 9.97 Å². The van der Waals surface area contributed by atoms with Crippen LogP contribution in [0.3, 0.4) is 0 Å². The molecule has 8 rings (SSSR count). The summed E-state index contributed by atoms with van der Waals surface area (Å²) in [6.45, 7) is 0. The molecular weight excluding hydrogens is 488 g/mol. The number of carbonyl (C=O) groups is 2. The average Bonchev–Trinajstić information content (AvgIpc) is 3.49. The minimum Gasteiger partial charge on any atom is -0.478 e. The van der Waals surface area contributed by atoms with Gasteiger partial charge in [0, 0.05) is 32.3 Å². The molecule has 0 aliphatic rings. The van der Waals surface area contributed by atoms with Crippen molar-refractivity contribution in [3.8, 4) is 0 Å². The van der Waals surface area contributed by atoms with Gasteiger partial charge in [-0.15, -0.1) is 0 Å². The number of hydrogen-bond donors (Lipinski definition) is 2. The quantitative estimate of drug-likeness (QED) is 0.342. The van der Waals surface area contributed by atoms with Crippen molar-refractivity contribution in [2.24, 2.45) is 0 Å². The predicted molar refractivity (Wildman–Crippen MR) is 140 cm³/mol. The first-order valence-corrected chi connectivity index (χ1v) is 11.5. The van der Waals surface area contributed by atoms with Gasteiger partial charge in [0.1, 0.15) is 11.3 Å². The highest BCUT2D eigenvalue weighted by Gasteiger charge is 2.23. The molecule has 10 nitrogen and oxygen atoms in total. The zero-order valence-electron chi connectivity index (χ0n) is 19.1. The van der Waals surface area contributed by atoms with Crippen LogP contribution >= 0.6 is 0 Å². The van der Waals surface area contributed by atoms with Crippen molar-refractivity contribution in [3.63, 3.8) is 0 Å². The summed E-state index contributed by atoms with van der Waals surface area (Å²) in [6, 6.07) is 15.7. The highest BCUT2D eigenvalue weighted by molar-refractivity contribution is 6.27. The number of pyridine rings is 2. The number of benzene rings is 4. The van der Waals surface area contributed by atoms with E-state index in [1.54, 1.807) is 36.4 Å². The van der Waals surface area contributed by atoms with E-state index in [1.807, 2.05) is 0 Å². The Morgan fingerprint density at radius 1 is 0.579 bits per heavy atom. The van der Waals surface area contributed by atoms with Crippen molar-refractivity contribution in [2.75, 3.05) is 0 Å². The lowest BCUT2D eigenvalue weighted by atomic mass is 9.96. The summed E-state index contributed by atoms with van der Waals surface area (Å²) in [7, 11) is 0. The van der Waals surface area contributed by atoms with Gasteiger partial charge in [-0.25, -0.2) is 19.6 Å². The molecule has 0 saturated heterocycles. The van der Waals surface area contributed by atoms with Crippen LogP contribution in [0, 0.1) is 0 Å². The molecule has 4 heterocycles. The Labute approximate surface area is 208 Å². The molecule has 0 aliphatic heterocycles. The molecule has 180 valence electrons. The first-order valence-electron chi connectivity index (χ1n) is 11.5. The molecule has 4 aromatic carbocycles. The van der Waals surface area contributed by atoms with Crippen LogP contribution in [0.1, 0.15) is 20.7 Å². The van der Waals surface area contributed by atoms with E-state index in [9.17, 15) is 29.4 Å². The zero-order valence-corrected chi connectivity index (χ0v) is 19.1. The van der Waals surface area contributed by atoms with E-state index in [0.29, 0.717) is 65.7 Å². The topological polar surface area (TPSA) is 143 Å². The number of carboxylic acids is 2. The molecule has 0 fully saturated rings. The second-order valence-corrected chi connectivity index (χ2v) is 9.24.